The number of likely N-dealkylation sites (tertiary alicyclic amines) is 1. The minimum atomic E-state index is -0.103. The van der Waals surface area contributed by atoms with Gasteiger partial charge in [-0.1, -0.05) is 0 Å². The number of carbonyl (C=O) groups excluding carboxylic acids is 1. The van der Waals surface area contributed by atoms with Gasteiger partial charge in [0.1, 0.15) is 5.60 Å². The summed E-state index contributed by atoms with van der Waals surface area (Å²) in [6, 6.07) is 0.0839. The highest BCUT2D eigenvalue weighted by Crippen LogP contribution is 2.41. The molecule has 132 valence electrons. The van der Waals surface area contributed by atoms with Crippen molar-refractivity contribution in [3.63, 3.8) is 0 Å². The minimum absolute atomic E-state index is 0.0839. The van der Waals surface area contributed by atoms with E-state index in [1.807, 2.05) is 4.90 Å². The fourth-order valence-electron chi connectivity index (χ4n) is 3.95. The zero-order valence-corrected chi connectivity index (χ0v) is 14.5. The van der Waals surface area contributed by atoms with Gasteiger partial charge in [0.2, 0.25) is 0 Å². The fourth-order valence-corrected chi connectivity index (χ4v) is 3.95. The van der Waals surface area contributed by atoms with E-state index in [9.17, 15) is 4.79 Å². The number of carbonyl (C=O) groups is 1. The average molecular weight is 326 g/mol. The number of hydrogen-bond acceptors (Lipinski definition) is 4. The molecule has 0 bridgehead atoms. The van der Waals surface area contributed by atoms with Crippen molar-refractivity contribution in [3.05, 3.63) is 0 Å². The molecule has 1 atom stereocenters. The topological polar surface area (TPSA) is 51.2 Å². The summed E-state index contributed by atoms with van der Waals surface area (Å²) in [6.45, 7) is 5.69. The first-order valence-electron chi connectivity index (χ1n) is 8.86. The van der Waals surface area contributed by atoms with Crippen LogP contribution in [0.3, 0.4) is 0 Å². The van der Waals surface area contributed by atoms with Crippen molar-refractivity contribution >= 4 is 6.03 Å². The maximum atomic E-state index is 12.0. The van der Waals surface area contributed by atoms with Crippen LogP contribution >= 0.6 is 0 Å². The second-order valence-corrected chi connectivity index (χ2v) is 7.35. The quantitative estimate of drug-likeness (QED) is 0.720. The molecule has 6 heteroatoms. The molecule has 3 saturated heterocycles. The van der Waals surface area contributed by atoms with Gasteiger partial charge in [-0.2, -0.15) is 0 Å². The maximum Gasteiger partial charge on any atom is 0.319 e. The smallest absolute Gasteiger partial charge is 0.319 e. The molecule has 0 unspecified atom stereocenters. The second-order valence-electron chi connectivity index (χ2n) is 7.35. The van der Waals surface area contributed by atoms with Crippen molar-refractivity contribution in [2.75, 3.05) is 60.2 Å². The molecular weight excluding hydrogens is 296 g/mol. The van der Waals surface area contributed by atoms with Gasteiger partial charge < -0.3 is 24.0 Å². The lowest BCUT2D eigenvalue weighted by Gasteiger charge is -2.50. The molecule has 0 aliphatic carbocycles. The summed E-state index contributed by atoms with van der Waals surface area (Å²) < 4.78 is 17.3. The summed E-state index contributed by atoms with van der Waals surface area (Å²) >= 11 is 0. The number of hydrogen-bond donors (Lipinski definition) is 0. The Kier molecular flexibility index (Phi) is 5.44. The Hall–Kier alpha value is -0.850. The standard InChI is InChI=1S/C17H30N2O4/c1-18(2)16(20)19-12-17(13-19)15(6-10-23-17)5-9-22-11-14-3-7-21-8-4-14/h14-15H,3-13H2,1-2H3/t15-/m0/s1. The maximum absolute atomic E-state index is 12.0. The van der Waals surface area contributed by atoms with Crippen LogP contribution in [0.1, 0.15) is 25.7 Å². The van der Waals surface area contributed by atoms with Gasteiger partial charge in [0.15, 0.2) is 0 Å². The van der Waals surface area contributed by atoms with Crippen molar-refractivity contribution in [2.24, 2.45) is 11.8 Å². The molecule has 2 amide bonds. The summed E-state index contributed by atoms with van der Waals surface area (Å²) in [6.07, 6.45) is 4.37. The number of urea groups is 1. The van der Waals surface area contributed by atoms with Crippen LogP contribution in [0.4, 0.5) is 4.79 Å². The predicted molar refractivity (Wildman–Crippen MR) is 86.4 cm³/mol. The largest absolute Gasteiger partial charge is 0.381 e. The van der Waals surface area contributed by atoms with E-state index >= 15 is 0 Å². The van der Waals surface area contributed by atoms with Gasteiger partial charge in [0.25, 0.3) is 0 Å². The number of nitrogens with zero attached hydrogens (tertiary/aromatic N) is 2. The summed E-state index contributed by atoms with van der Waals surface area (Å²) in [7, 11) is 3.59. The van der Waals surface area contributed by atoms with Gasteiger partial charge in [-0.05, 0) is 37.5 Å². The van der Waals surface area contributed by atoms with Crippen molar-refractivity contribution in [1.29, 1.82) is 0 Å². The van der Waals surface area contributed by atoms with E-state index in [0.29, 0.717) is 11.8 Å². The van der Waals surface area contributed by atoms with Crippen molar-refractivity contribution in [3.8, 4) is 0 Å². The molecule has 6 nitrogen and oxygen atoms in total. The van der Waals surface area contributed by atoms with Crippen molar-refractivity contribution in [2.45, 2.75) is 31.3 Å². The van der Waals surface area contributed by atoms with Gasteiger partial charge in [0.05, 0.1) is 13.1 Å². The second kappa shape index (κ2) is 7.36. The highest BCUT2D eigenvalue weighted by atomic mass is 16.5. The predicted octanol–water partition coefficient (Wildman–Crippen LogP) is 1.59. The van der Waals surface area contributed by atoms with E-state index in [1.165, 1.54) is 0 Å². The van der Waals surface area contributed by atoms with Crippen LogP contribution in [-0.4, -0.2) is 81.7 Å². The molecule has 0 aromatic carbocycles. The highest BCUT2D eigenvalue weighted by molar-refractivity contribution is 5.75. The van der Waals surface area contributed by atoms with Crippen LogP contribution in [0.5, 0.6) is 0 Å². The van der Waals surface area contributed by atoms with E-state index < -0.39 is 0 Å². The van der Waals surface area contributed by atoms with Crippen LogP contribution in [0.25, 0.3) is 0 Å². The molecular formula is C17H30N2O4. The molecule has 3 rings (SSSR count). The molecule has 0 saturated carbocycles. The van der Waals surface area contributed by atoms with Crippen LogP contribution in [0, 0.1) is 11.8 Å². The normalized spacial score (nSPS) is 27.2. The molecule has 0 aromatic heterocycles. The third-order valence-corrected chi connectivity index (χ3v) is 5.48. The van der Waals surface area contributed by atoms with E-state index in [-0.39, 0.29) is 11.6 Å². The molecule has 3 aliphatic heterocycles. The van der Waals surface area contributed by atoms with E-state index in [0.717, 1.165) is 71.8 Å². The first kappa shape index (κ1) is 17.0. The molecule has 3 heterocycles. The molecule has 0 aromatic rings. The Balaban J connectivity index is 1.37. The lowest BCUT2D eigenvalue weighted by atomic mass is 9.79. The highest BCUT2D eigenvalue weighted by Gasteiger charge is 2.54. The van der Waals surface area contributed by atoms with Crippen LogP contribution in [0.2, 0.25) is 0 Å². The lowest BCUT2D eigenvalue weighted by molar-refractivity contribution is -0.121. The summed E-state index contributed by atoms with van der Waals surface area (Å²) in [5, 5.41) is 0. The van der Waals surface area contributed by atoms with Gasteiger partial charge >= 0.3 is 6.03 Å². The van der Waals surface area contributed by atoms with E-state index in [2.05, 4.69) is 0 Å². The molecule has 0 radical (unpaired) electrons. The van der Waals surface area contributed by atoms with Crippen LogP contribution < -0.4 is 0 Å². The van der Waals surface area contributed by atoms with Gasteiger partial charge in [-0.25, -0.2) is 4.79 Å². The Morgan fingerprint density at radius 2 is 1.96 bits per heavy atom. The van der Waals surface area contributed by atoms with Crippen LogP contribution in [-0.2, 0) is 14.2 Å². The van der Waals surface area contributed by atoms with Gasteiger partial charge in [0, 0.05) is 47.1 Å². The van der Waals surface area contributed by atoms with Gasteiger partial charge in [-0.3, -0.25) is 0 Å². The first-order chi connectivity index (χ1) is 11.1. The number of rotatable bonds is 5. The van der Waals surface area contributed by atoms with Gasteiger partial charge in [-0.15, -0.1) is 0 Å². The molecule has 1 spiro atoms. The summed E-state index contributed by atoms with van der Waals surface area (Å²) in [5.74, 6) is 1.18. The van der Waals surface area contributed by atoms with Crippen LogP contribution in [0.15, 0.2) is 0 Å². The Labute approximate surface area is 139 Å². The monoisotopic (exact) mass is 326 g/mol. The van der Waals surface area contributed by atoms with Crippen molar-refractivity contribution < 1.29 is 19.0 Å². The Morgan fingerprint density at radius 3 is 2.65 bits per heavy atom. The number of ether oxygens (including phenoxy) is 3. The average Bonchev–Trinajstić information content (AvgIpc) is 2.94. The third-order valence-electron chi connectivity index (χ3n) is 5.48. The zero-order chi connectivity index (χ0) is 16.3. The van der Waals surface area contributed by atoms with Crippen molar-refractivity contribution in [1.82, 2.24) is 9.80 Å². The Morgan fingerprint density at radius 1 is 1.22 bits per heavy atom. The zero-order valence-electron chi connectivity index (χ0n) is 14.5. The number of amides is 2. The first-order valence-corrected chi connectivity index (χ1v) is 8.86. The molecule has 0 N–H and O–H groups in total. The third kappa shape index (κ3) is 3.80. The molecule has 3 aliphatic rings. The summed E-state index contributed by atoms with van der Waals surface area (Å²) in [4.78, 5) is 15.5. The molecule has 3 fully saturated rings. The Bertz CT molecular complexity index is 403. The summed E-state index contributed by atoms with van der Waals surface area (Å²) in [5.41, 5.74) is -0.103. The van der Waals surface area contributed by atoms with E-state index in [4.69, 9.17) is 14.2 Å². The fraction of sp³-hybridized carbons (Fsp3) is 0.941. The van der Waals surface area contributed by atoms with E-state index in [1.54, 1.807) is 19.0 Å². The SMILES string of the molecule is CN(C)C(=O)N1CC2(C1)OCC[C@@H]2CCOCC1CCOCC1. The minimum Gasteiger partial charge on any atom is -0.381 e. The molecule has 23 heavy (non-hydrogen) atoms. The lowest BCUT2D eigenvalue weighted by Crippen LogP contribution is -2.67.